The largest absolute Gasteiger partial charge is 0.494 e. The summed E-state index contributed by atoms with van der Waals surface area (Å²) < 4.78 is 18.2. The Balaban J connectivity index is 2.66. The number of hydrogen-bond donors (Lipinski definition) is 1. The molecule has 15 heavy (non-hydrogen) atoms. The zero-order chi connectivity index (χ0) is 11.3. The van der Waals surface area contributed by atoms with Crippen molar-refractivity contribution < 1.29 is 9.13 Å². The van der Waals surface area contributed by atoms with Gasteiger partial charge in [-0.1, -0.05) is 19.4 Å². The molecule has 1 aromatic carbocycles. The molecule has 1 atom stereocenters. The lowest BCUT2D eigenvalue weighted by Crippen LogP contribution is -2.22. The average molecular weight is 211 g/mol. The van der Waals surface area contributed by atoms with Crippen molar-refractivity contribution in [1.29, 1.82) is 0 Å². The number of methoxy groups -OCH3 is 1. The van der Waals surface area contributed by atoms with Gasteiger partial charge in [-0.05, 0) is 30.5 Å². The number of benzene rings is 1. The molecule has 0 radical (unpaired) electrons. The van der Waals surface area contributed by atoms with Gasteiger partial charge in [-0.2, -0.15) is 0 Å². The Kier molecular flexibility index (Phi) is 4.56. The van der Waals surface area contributed by atoms with E-state index in [9.17, 15) is 4.39 Å². The number of rotatable bonds is 5. The summed E-state index contributed by atoms with van der Waals surface area (Å²) in [4.78, 5) is 0. The summed E-state index contributed by atoms with van der Waals surface area (Å²) in [6, 6.07) is 5.11. The van der Waals surface area contributed by atoms with Crippen LogP contribution in [0.5, 0.6) is 5.75 Å². The molecule has 1 rings (SSSR count). The molecule has 0 spiro atoms. The molecule has 2 nitrogen and oxygen atoms in total. The minimum absolute atomic E-state index is 0.114. The molecule has 0 amide bonds. The van der Waals surface area contributed by atoms with Gasteiger partial charge in [0.15, 0.2) is 11.6 Å². The van der Waals surface area contributed by atoms with E-state index < -0.39 is 0 Å². The highest BCUT2D eigenvalue weighted by atomic mass is 19.1. The third-order valence-electron chi connectivity index (χ3n) is 2.37. The minimum Gasteiger partial charge on any atom is -0.494 e. The summed E-state index contributed by atoms with van der Waals surface area (Å²) >= 11 is 0. The lowest BCUT2D eigenvalue weighted by Gasteiger charge is -2.11. The molecule has 1 unspecified atom stereocenters. The minimum atomic E-state index is -0.321. The van der Waals surface area contributed by atoms with Gasteiger partial charge >= 0.3 is 0 Å². The van der Waals surface area contributed by atoms with Crippen molar-refractivity contribution in [3.05, 3.63) is 29.6 Å². The Morgan fingerprint density at radius 1 is 1.47 bits per heavy atom. The number of halogens is 1. The highest BCUT2D eigenvalue weighted by Gasteiger charge is 2.06. The second-order valence-electron chi connectivity index (χ2n) is 3.72. The van der Waals surface area contributed by atoms with Crippen LogP contribution in [-0.2, 0) is 6.42 Å². The molecule has 0 heterocycles. The molecule has 84 valence electrons. The van der Waals surface area contributed by atoms with Gasteiger partial charge in [0.2, 0.25) is 0 Å². The van der Waals surface area contributed by atoms with E-state index in [-0.39, 0.29) is 17.6 Å². The summed E-state index contributed by atoms with van der Waals surface area (Å²) in [5, 5.41) is 0. The predicted octanol–water partition coefficient (Wildman–Crippen LogP) is 2.50. The third kappa shape index (κ3) is 3.51. The van der Waals surface area contributed by atoms with Crippen molar-refractivity contribution in [2.75, 3.05) is 7.11 Å². The molecule has 0 bridgehead atoms. The van der Waals surface area contributed by atoms with Crippen LogP contribution in [0.4, 0.5) is 4.39 Å². The zero-order valence-corrected chi connectivity index (χ0v) is 9.29. The lowest BCUT2D eigenvalue weighted by molar-refractivity contribution is 0.386. The highest BCUT2D eigenvalue weighted by Crippen LogP contribution is 2.18. The van der Waals surface area contributed by atoms with Crippen molar-refractivity contribution >= 4 is 0 Å². The zero-order valence-electron chi connectivity index (χ0n) is 9.29. The van der Waals surface area contributed by atoms with Crippen molar-refractivity contribution in [1.82, 2.24) is 0 Å². The van der Waals surface area contributed by atoms with Crippen LogP contribution in [0.3, 0.4) is 0 Å². The van der Waals surface area contributed by atoms with E-state index >= 15 is 0 Å². The quantitative estimate of drug-likeness (QED) is 0.812. The molecule has 2 N–H and O–H groups in total. The molecule has 0 fully saturated rings. The standard InChI is InChI=1S/C12H18FNO/c1-3-4-10(14)7-9-5-6-12(15-2)11(13)8-9/h5-6,8,10H,3-4,7,14H2,1-2H3. The Morgan fingerprint density at radius 2 is 2.20 bits per heavy atom. The fourth-order valence-corrected chi connectivity index (χ4v) is 1.61. The molecular formula is C12H18FNO. The molecule has 0 aliphatic heterocycles. The van der Waals surface area contributed by atoms with Gasteiger partial charge in [0.25, 0.3) is 0 Å². The summed E-state index contributed by atoms with van der Waals surface area (Å²) in [6.07, 6.45) is 2.74. The smallest absolute Gasteiger partial charge is 0.165 e. The van der Waals surface area contributed by atoms with E-state index in [2.05, 4.69) is 6.92 Å². The molecule has 3 heteroatoms. The topological polar surface area (TPSA) is 35.2 Å². The number of hydrogen-bond acceptors (Lipinski definition) is 2. The van der Waals surface area contributed by atoms with Crippen LogP contribution in [0.2, 0.25) is 0 Å². The van der Waals surface area contributed by atoms with E-state index in [0.29, 0.717) is 0 Å². The second-order valence-corrected chi connectivity index (χ2v) is 3.72. The van der Waals surface area contributed by atoms with Crippen LogP contribution in [0, 0.1) is 5.82 Å². The lowest BCUT2D eigenvalue weighted by atomic mass is 10.0. The second kappa shape index (κ2) is 5.71. The van der Waals surface area contributed by atoms with Crippen molar-refractivity contribution in [2.45, 2.75) is 32.2 Å². The van der Waals surface area contributed by atoms with Crippen molar-refractivity contribution in [3.63, 3.8) is 0 Å². The van der Waals surface area contributed by atoms with Gasteiger partial charge in [0.05, 0.1) is 7.11 Å². The van der Waals surface area contributed by atoms with Crippen LogP contribution in [0.15, 0.2) is 18.2 Å². The van der Waals surface area contributed by atoms with E-state index in [1.165, 1.54) is 13.2 Å². The molecule has 1 aromatic rings. The van der Waals surface area contributed by atoms with Crippen LogP contribution < -0.4 is 10.5 Å². The summed E-state index contributed by atoms with van der Waals surface area (Å²) in [7, 11) is 1.46. The first-order valence-electron chi connectivity index (χ1n) is 5.25. The molecule has 0 saturated heterocycles. The molecular weight excluding hydrogens is 193 g/mol. The van der Waals surface area contributed by atoms with Gasteiger partial charge in [-0.15, -0.1) is 0 Å². The van der Waals surface area contributed by atoms with Crippen molar-refractivity contribution in [3.8, 4) is 5.75 Å². The molecule has 0 aliphatic rings. The normalized spacial score (nSPS) is 12.5. The summed E-state index contributed by atoms with van der Waals surface area (Å²) in [5.74, 6) is -0.0403. The monoisotopic (exact) mass is 211 g/mol. The molecule has 0 aliphatic carbocycles. The molecule has 0 aromatic heterocycles. The summed E-state index contributed by atoms with van der Waals surface area (Å²) in [6.45, 7) is 2.09. The maximum atomic E-state index is 13.3. The predicted molar refractivity (Wildman–Crippen MR) is 59.5 cm³/mol. The number of ether oxygens (including phenoxy) is 1. The van der Waals surface area contributed by atoms with Gasteiger partial charge in [0.1, 0.15) is 0 Å². The van der Waals surface area contributed by atoms with Gasteiger partial charge in [0, 0.05) is 6.04 Å². The van der Waals surface area contributed by atoms with Crippen LogP contribution in [0.1, 0.15) is 25.3 Å². The van der Waals surface area contributed by atoms with E-state index in [4.69, 9.17) is 10.5 Å². The number of nitrogens with two attached hydrogens (primary N) is 1. The fraction of sp³-hybridized carbons (Fsp3) is 0.500. The Labute approximate surface area is 90.2 Å². The first kappa shape index (κ1) is 12.0. The van der Waals surface area contributed by atoms with Crippen molar-refractivity contribution in [2.24, 2.45) is 5.73 Å². The third-order valence-corrected chi connectivity index (χ3v) is 2.37. The molecule has 0 saturated carbocycles. The maximum Gasteiger partial charge on any atom is 0.165 e. The SMILES string of the molecule is CCCC(N)Cc1ccc(OC)c(F)c1. The fourth-order valence-electron chi connectivity index (χ4n) is 1.61. The Morgan fingerprint density at radius 3 is 2.73 bits per heavy atom. The highest BCUT2D eigenvalue weighted by molar-refractivity contribution is 5.29. The van der Waals surface area contributed by atoms with E-state index in [0.717, 1.165) is 24.8 Å². The first-order valence-corrected chi connectivity index (χ1v) is 5.25. The van der Waals surface area contributed by atoms with Crippen LogP contribution in [0.25, 0.3) is 0 Å². The van der Waals surface area contributed by atoms with Gasteiger partial charge in [-0.3, -0.25) is 0 Å². The van der Waals surface area contributed by atoms with E-state index in [1.807, 2.05) is 6.07 Å². The first-order chi connectivity index (χ1) is 7.17. The maximum absolute atomic E-state index is 13.3. The summed E-state index contributed by atoms with van der Waals surface area (Å²) in [5.41, 5.74) is 6.81. The van der Waals surface area contributed by atoms with Crippen LogP contribution >= 0.6 is 0 Å². The van der Waals surface area contributed by atoms with Crippen LogP contribution in [-0.4, -0.2) is 13.2 Å². The van der Waals surface area contributed by atoms with Gasteiger partial charge < -0.3 is 10.5 Å². The Hall–Kier alpha value is -1.09. The Bertz CT molecular complexity index is 314. The average Bonchev–Trinajstić information content (AvgIpc) is 2.18. The van der Waals surface area contributed by atoms with Gasteiger partial charge in [-0.25, -0.2) is 4.39 Å². The van der Waals surface area contributed by atoms with E-state index in [1.54, 1.807) is 6.07 Å².